The third-order valence-corrected chi connectivity index (χ3v) is 7.42. The van der Waals surface area contributed by atoms with Crippen LogP contribution in [0, 0.1) is 5.92 Å². The van der Waals surface area contributed by atoms with Crippen molar-refractivity contribution in [2.45, 2.75) is 59.2 Å². The third kappa shape index (κ3) is 7.62. The molecule has 1 unspecified atom stereocenters. The van der Waals surface area contributed by atoms with Gasteiger partial charge in [0.25, 0.3) is 11.8 Å². The highest BCUT2D eigenvalue weighted by Gasteiger charge is 2.27. The Bertz CT molecular complexity index is 1370. The molecule has 0 aliphatic carbocycles. The molecule has 12 heteroatoms. The van der Waals surface area contributed by atoms with Gasteiger partial charge in [0.2, 0.25) is 11.7 Å². The van der Waals surface area contributed by atoms with Crippen LogP contribution in [0.1, 0.15) is 61.6 Å². The van der Waals surface area contributed by atoms with Gasteiger partial charge in [0, 0.05) is 36.8 Å². The van der Waals surface area contributed by atoms with E-state index < -0.39 is 17.9 Å². The highest BCUT2D eigenvalue weighted by atomic mass is 16.5. The molecule has 1 saturated heterocycles. The number of morpholine rings is 1. The maximum atomic E-state index is 13.3. The lowest BCUT2D eigenvalue weighted by Crippen LogP contribution is -2.45. The summed E-state index contributed by atoms with van der Waals surface area (Å²) >= 11 is 0. The van der Waals surface area contributed by atoms with Crippen LogP contribution in [0.15, 0.2) is 40.9 Å². The molecule has 3 heterocycles. The molecule has 1 aromatic carbocycles. The maximum Gasteiger partial charge on any atom is 0.326 e. The van der Waals surface area contributed by atoms with Crippen molar-refractivity contribution in [1.29, 1.82) is 0 Å². The molecule has 0 saturated carbocycles. The fourth-order valence-electron chi connectivity index (χ4n) is 4.77. The van der Waals surface area contributed by atoms with Gasteiger partial charge in [-0.25, -0.2) is 9.78 Å². The number of carbonyl (C=O) groups is 3. The first-order valence-corrected chi connectivity index (χ1v) is 14.5. The van der Waals surface area contributed by atoms with Crippen LogP contribution in [-0.2, 0) is 16.1 Å². The number of carbonyl (C=O) groups excluding carboxylic acids is 2. The Labute approximate surface area is 245 Å². The van der Waals surface area contributed by atoms with Crippen molar-refractivity contribution in [2.75, 3.05) is 32.8 Å². The molecule has 12 nitrogen and oxygen atoms in total. The molecule has 1 aliphatic rings. The Kier molecular flexibility index (Phi) is 10.5. The van der Waals surface area contributed by atoms with E-state index >= 15 is 0 Å². The van der Waals surface area contributed by atoms with Crippen LogP contribution in [0.2, 0.25) is 0 Å². The number of aromatic nitrogens is 3. The SMILES string of the molecule is CCC(CC)NC(=O)c1cnc(-c2cccc(-c3cc(C(=O)NC(C(=O)O)C(C)C)n(CCN4CCOCC4)n3)c2)o1. The molecule has 0 bridgehead atoms. The van der Waals surface area contributed by atoms with E-state index in [2.05, 4.69) is 20.5 Å². The van der Waals surface area contributed by atoms with E-state index in [1.807, 2.05) is 38.1 Å². The van der Waals surface area contributed by atoms with E-state index in [1.165, 1.54) is 6.20 Å². The van der Waals surface area contributed by atoms with E-state index in [-0.39, 0.29) is 35.2 Å². The first-order valence-electron chi connectivity index (χ1n) is 14.5. The molecular weight excluding hydrogens is 540 g/mol. The zero-order chi connectivity index (χ0) is 30.2. The van der Waals surface area contributed by atoms with Crippen molar-refractivity contribution in [3.8, 4) is 22.7 Å². The first kappa shape index (κ1) is 30.9. The van der Waals surface area contributed by atoms with Crippen LogP contribution in [0.25, 0.3) is 22.7 Å². The summed E-state index contributed by atoms with van der Waals surface area (Å²) < 4.78 is 12.8. The molecule has 2 aromatic heterocycles. The molecular formula is C30H40N6O6. The summed E-state index contributed by atoms with van der Waals surface area (Å²) in [4.78, 5) is 44.2. The van der Waals surface area contributed by atoms with Gasteiger partial charge in [-0.1, -0.05) is 39.8 Å². The fraction of sp³-hybridized carbons (Fsp3) is 0.500. The molecule has 2 amide bonds. The van der Waals surface area contributed by atoms with E-state index in [9.17, 15) is 19.5 Å². The Morgan fingerprint density at radius 1 is 1.00 bits per heavy atom. The molecule has 1 aliphatic heterocycles. The van der Waals surface area contributed by atoms with Crippen LogP contribution in [0.5, 0.6) is 0 Å². The second-order valence-electron chi connectivity index (χ2n) is 10.7. The number of nitrogens with one attached hydrogen (secondary N) is 2. The smallest absolute Gasteiger partial charge is 0.326 e. The number of hydrogen-bond donors (Lipinski definition) is 3. The summed E-state index contributed by atoms with van der Waals surface area (Å²) in [5.41, 5.74) is 2.17. The predicted octanol–water partition coefficient (Wildman–Crippen LogP) is 3.29. The van der Waals surface area contributed by atoms with Crippen molar-refractivity contribution in [3.05, 3.63) is 48.0 Å². The molecule has 226 valence electrons. The monoisotopic (exact) mass is 580 g/mol. The molecule has 42 heavy (non-hydrogen) atoms. The molecule has 0 spiro atoms. The van der Waals surface area contributed by atoms with Crippen LogP contribution in [0.4, 0.5) is 0 Å². The summed E-state index contributed by atoms with van der Waals surface area (Å²) in [6, 6.07) is 8.03. The second-order valence-corrected chi connectivity index (χ2v) is 10.7. The summed E-state index contributed by atoms with van der Waals surface area (Å²) in [5.74, 6) is -1.79. The van der Waals surface area contributed by atoms with Crippen molar-refractivity contribution >= 4 is 17.8 Å². The number of hydrogen-bond acceptors (Lipinski definition) is 8. The molecule has 1 atom stereocenters. The van der Waals surface area contributed by atoms with Gasteiger partial charge in [0.1, 0.15) is 11.7 Å². The van der Waals surface area contributed by atoms with Crippen molar-refractivity contribution < 1.29 is 28.6 Å². The number of nitrogens with zero attached hydrogens (tertiary/aromatic N) is 4. The standard InChI is InChI=1S/C30H40N6O6/c1-5-22(6-2)32-28(38)25-18-31-29(42-25)21-9-7-8-20(16-21)23-17-24(27(37)33-26(19(3)4)30(39)40)36(34-23)11-10-35-12-14-41-15-13-35/h7-9,16-19,22,26H,5-6,10-15H2,1-4H3,(H,32,38)(H,33,37)(H,39,40). The van der Waals surface area contributed by atoms with Crippen molar-refractivity contribution in [1.82, 2.24) is 30.3 Å². The molecule has 3 aromatic rings. The van der Waals surface area contributed by atoms with E-state index in [1.54, 1.807) is 24.6 Å². The first-order chi connectivity index (χ1) is 20.2. The number of aliphatic carboxylic acids is 1. The second kappa shape index (κ2) is 14.2. The van der Waals surface area contributed by atoms with Crippen LogP contribution in [0.3, 0.4) is 0 Å². The Morgan fingerprint density at radius 3 is 2.38 bits per heavy atom. The zero-order valence-corrected chi connectivity index (χ0v) is 24.6. The average Bonchev–Trinajstić information content (AvgIpc) is 3.66. The lowest BCUT2D eigenvalue weighted by atomic mass is 10.0. The number of benzene rings is 1. The highest BCUT2D eigenvalue weighted by molar-refractivity contribution is 5.96. The Balaban J connectivity index is 1.59. The lowest BCUT2D eigenvalue weighted by Gasteiger charge is -2.26. The summed E-state index contributed by atoms with van der Waals surface area (Å²) in [6.45, 7) is 11.5. The van der Waals surface area contributed by atoms with Crippen molar-refractivity contribution in [2.24, 2.45) is 5.92 Å². The maximum absolute atomic E-state index is 13.3. The minimum Gasteiger partial charge on any atom is -0.480 e. The number of oxazole rings is 1. The van der Waals surface area contributed by atoms with Crippen molar-refractivity contribution in [3.63, 3.8) is 0 Å². The van der Waals surface area contributed by atoms with Gasteiger partial charge >= 0.3 is 5.97 Å². The zero-order valence-electron chi connectivity index (χ0n) is 24.6. The molecule has 3 N–H and O–H groups in total. The largest absolute Gasteiger partial charge is 0.480 e. The van der Waals surface area contributed by atoms with Crippen LogP contribution < -0.4 is 10.6 Å². The van der Waals surface area contributed by atoms with Gasteiger partial charge in [-0.3, -0.25) is 19.2 Å². The topological polar surface area (TPSA) is 152 Å². The van der Waals surface area contributed by atoms with Gasteiger partial charge in [-0.05, 0) is 37.0 Å². The minimum absolute atomic E-state index is 0.0606. The number of carboxylic acids is 1. The minimum atomic E-state index is -1.09. The highest BCUT2D eigenvalue weighted by Crippen LogP contribution is 2.26. The molecule has 0 radical (unpaired) electrons. The Hall–Kier alpha value is -4.03. The van der Waals surface area contributed by atoms with E-state index in [4.69, 9.17) is 14.3 Å². The van der Waals surface area contributed by atoms with Gasteiger partial charge in [0.15, 0.2) is 0 Å². The van der Waals surface area contributed by atoms with Gasteiger partial charge < -0.3 is 24.9 Å². The lowest BCUT2D eigenvalue weighted by molar-refractivity contribution is -0.140. The van der Waals surface area contributed by atoms with E-state index in [0.717, 1.165) is 25.9 Å². The van der Waals surface area contributed by atoms with Gasteiger partial charge in [-0.2, -0.15) is 5.10 Å². The predicted molar refractivity (Wildman–Crippen MR) is 156 cm³/mol. The number of ether oxygens (including phenoxy) is 1. The normalized spacial score (nSPS) is 14.7. The number of amides is 2. The Morgan fingerprint density at radius 2 is 1.71 bits per heavy atom. The van der Waals surface area contributed by atoms with Gasteiger partial charge in [0.05, 0.1) is 31.6 Å². The number of rotatable bonds is 13. The average molecular weight is 581 g/mol. The summed E-state index contributed by atoms with van der Waals surface area (Å²) in [6.07, 6.45) is 3.05. The van der Waals surface area contributed by atoms with Crippen LogP contribution in [-0.4, -0.2) is 87.5 Å². The third-order valence-electron chi connectivity index (χ3n) is 7.42. The molecule has 4 rings (SSSR count). The summed E-state index contributed by atoms with van der Waals surface area (Å²) in [5, 5.41) is 19.9. The quantitative estimate of drug-likeness (QED) is 0.277. The van der Waals surface area contributed by atoms with E-state index in [0.29, 0.717) is 43.1 Å². The summed E-state index contributed by atoms with van der Waals surface area (Å²) in [7, 11) is 0. The molecule has 1 fully saturated rings. The number of carboxylic acid groups (broad SMARTS) is 1. The van der Waals surface area contributed by atoms with Gasteiger partial charge in [-0.15, -0.1) is 0 Å². The van der Waals surface area contributed by atoms with Crippen LogP contribution >= 0.6 is 0 Å². The fourth-order valence-corrected chi connectivity index (χ4v) is 4.77.